The molecule has 1 saturated heterocycles. The zero-order chi connectivity index (χ0) is 15.9. The van der Waals surface area contributed by atoms with Crippen molar-refractivity contribution in [3.8, 4) is 5.88 Å². The lowest BCUT2D eigenvalue weighted by atomic mass is 10.1. The topological polar surface area (TPSA) is 93.4 Å². The number of nitrogens with zero attached hydrogens (tertiary/aromatic N) is 4. The monoisotopic (exact) mass is 309 g/mol. The number of nitrogens with one attached hydrogen (secondary N) is 1. The van der Waals surface area contributed by atoms with E-state index in [1.165, 1.54) is 25.6 Å². The maximum Gasteiger partial charge on any atom is 0.372 e. The van der Waals surface area contributed by atoms with Crippen molar-refractivity contribution >= 4 is 11.5 Å². The van der Waals surface area contributed by atoms with Crippen LogP contribution in [0.25, 0.3) is 0 Å². The van der Waals surface area contributed by atoms with Gasteiger partial charge in [-0.05, 0) is 39.8 Å². The van der Waals surface area contributed by atoms with Gasteiger partial charge in [0, 0.05) is 13.1 Å². The van der Waals surface area contributed by atoms with Gasteiger partial charge in [0.25, 0.3) is 5.88 Å². The van der Waals surface area contributed by atoms with E-state index in [4.69, 9.17) is 4.74 Å². The molecule has 0 aromatic carbocycles. The fourth-order valence-corrected chi connectivity index (χ4v) is 2.48. The Morgan fingerprint density at radius 3 is 2.73 bits per heavy atom. The molecule has 0 atom stereocenters. The molecule has 0 saturated carbocycles. The molecule has 2 rings (SSSR count). The van der Waals surface area contributed by atoms with E-state index in [0.717, 1.165) is 19.6 Å². The fourth-order valence-electron chi connectivity index (χ4n) is 2.48. The highest BCUT2D eigenvalue weighted by atomic mass is 16.6. The molecule has 122 valence electrons. The molecule has 0 bridgehead atoms. The quantitative estimate of drug-likeness (QED) is 0.608. The van der Waals surface area contributed by atoms with Gasteiger partial charge in [-0.2, -0.15) is 4.98 Å². The molecule has 1 N–H and O–H groups in total. The van der Waals surface area contributed by atoms with Crippen LogP contribution in [-0.2, 0) is 0 Å². The van der Waals surface area contributed by atoms with Crippen LogP contribution in [-0.4, -0.2) is 52.1 Å². The largest absolute Gasteiger partial charge is 0.470 e. The molecule has 1 fully saturated rings. The minimum atomic E-state index is -0.499. The second-order valence-electron chi connectivity index (χ2n) is 5.63. The van der Waals surface area contributed by atoms with Gasteiger partial charge in [-0.15, -0.1) is 0 Å². The summed E-state index contributed by atoms with van der Waals surface area (Å²) in [6.07, 6.45) is 4.83. The standard InChI is InChI=1S/C14H23N5O3/c1-11(2)22-14-12(19(20)21)13(16-10-17-14)15-6-9-18-7-4-3-5-8-18/h10-11H,3-9H2,1-2H3,(H,15,16,17). The Balaban J connectivity index is 2.01. The number of rotatable bonds is 7. The first-order valence-electron chi connectivity index (χ1n) is 7.70. The van der Waals surface area contributed by atoms with E-state index < -0.39 is 4.92 Å². The van der Waals surface area contributed by atoms with Crippen molar-refractivity contribution in [2.75, 3.05) is 31.5 Å². The summed E-state index contributed by atoms with van der Waals surface area (Å²) in [7, 11) is 0. The van der Waals surface area contributed by atoms with Crippen LogP contribution in [0.1, 0.15) is 33.1 Å². The summed E-state index contributed by atoms with van der Waals surface area (Å²) < 4.78 is 5.40. The highest BCUT2D eigenvalue weighted by Crippen LogP contribution is 2.31. The van der Waals surface area contributed by atoms with Gasteiger partial charge in [-0.3, -0.25) is 10.1 Å². The molecule has 2 heterocycles. The van der Waals surface area contributed by atoms with Crippen LogP contribution >= 0.6 is 0 Å². The van der Waals surface area contributed by atoms with E-state index in [-0.39, 0.29) is 23.5 Å². The Hall–Kier alpha value is -1.96. The van der Waals surface area contributed by atoms with E-state index in [1.807, 2.05) is 0 Å². The zero-order valence-corrected chi connectivity index (χ0v) is 13.1. The lowest BCUT2D eigenvalue weighted by Crippen LogP contribution is -2.33. The Morgan fingerprint density at radius 2 is 2.09 bits per heavy atom. The molecule has 1 aromatic rings. The minimum Gasteiger partial charge on any atom is -0.470 e. The van der Waals surface area contributed by atoms with Gasteiger partial charge in [-0.1, -0.05) is 6.42 Å². The molecule has 0 unspecified atom stereocenters. The van der Waals surface area contributed by atoms with Crippen molar-refractivity contribution in [1.82, 2.24) is 14.9 Å². The number of piperidine rings is 1. The van der Waals surface area contributed by atoms with E-state index in [9.17, 15) is 10.1 Å². The molecule has 1 aliphatic rings. The molecular formula is C14H23N5O3. The average molecular weight is 309 g/mol. The fraction of sp³-hybridized carbons (Fsp3) is 0.714. The average Bonchev–Trinajstić information content (AvgIpc) is 2.47. The molecule has 0 aliphatic carbocycles. The van der Waals surface area contributed by atoms with Crippen molar-refractivity contribution in [3.05, 3.63) is 16.4 Å². The lowest BCUT2D eigenvalue weighted by Gasteiger charge is -2.26. The molecule has 8 nitrogen and oxygen atoms in total. The molecule has 22 heavy (non-hydrogen) atoms. The molecule has 1 aromatic heterocycles. The number of hydrogen-bond donors (Lipinski definition) is 1. The SMILES string of the molecule is CC(C)Oc1ncnc(NCCN2CCCCC2)c1[N+](=O)[O-]. The predicted molar refractivity (Wildman–Crippen MR) is 83.2 cm³/mol. The Bertz CT molecular complexity index is 503. The van der Waals surface area contributed by atoms with Crippen molar-refractivity contribution < 1.29 is 9.66 Å². The van der Waals surface area contributed by atoms with Gasteiger partial charge in [-0.25, -0.2) is 4.98 Å². The van der Waals surface area contributed by atoms with Gasteiger partial charge in [0.15, 0.2) is 0 Å². The van der Waals surface area contributed by atoms with Crippen molar-refractivity contribution in [2.24, 2.45) is 0 Å². The number of likely N-dealkylation sites (tertiary alicyclic amines) is 1. The molecule has 0 spiro atoms. The summed E-state index contributed by atoms with van der Waals surface area (Å²) in [6.45, 7) is 7.25. The first-order chi connectivity index (χ1) is 10.6. The van der Waals surface area contributed by atoms with E-state index >= 15 is 0 Å². The number of ether oxygens (including phenoxy) is 1. The lowest BCUT2D eigenvalue weighted by molar-refractivity contribution is -0.385. The van der Waals surface area contributed by atoms with E-state index in [2.05, 4.69) is 20.2 Å². The second-order valence-corrected chi connectivity index (χ2v) is 5.63. The summed E-state index contributed by atoms with van der Waals surface area (Å²) in [5.41, 5.74) is -0.199. The maximum absolute atomic E-state index is 11.3. The molecule has 8 heteroatoms. The summed E-state index contributed by atoms with van der Waals surface area (Å²) in [5.74, 6) is 0.225. The Labute approximate surface area is 130 Å². The van der Waals surface area contributed by atoms with Gasteiger partial charge in [0.1, 0.15) is 6.33 Å². The highest BCUT2D eigenvalue weighted by molar-refractivity contribution is 5.61. The molecular weight excluding hydrogens is 286 g/mol. The summed E-state index contributed by atoms with van der Waals surface area (Å²) >= 11 is 0. The van der Waals surface area contributed by atoms with Gasteiger partial charge in [0.2, 0.25) is 5.82 Å². The van der Waals surface area contributed by atoms with Crippen LogP contribution in [0.4, 0.5) is 11.5 Å². The summed E-state index contributed by atoms with van der Waals surface area (Å²) in [4.78, 5) is 21.0. The van der Waals surface area contributed by atoms with E-state index in [1.54, 1.807) is 13.8 Å². The minimum absolute atomic E-state index is 0.00970. The number of nitro groups is 1. The predicted octanol–water partition coefficient (Wildman–Crippen LogP) is 2.07. The first-order valence-corrected chi connectivity index (χ1v) is 7.70. The van der Waals surface area contributed by atoms with Crippen molar-refractivity contribution in [2.45, 2.75) is 39.2 Å². The van der Waals surface area contributed by atoms with Gasteiger partial charge < -0.3 is 15.0 Å². The summed E-state index contributed by atoms with van der Waals surface area (Å²) in [6, 6.07) is 0. The van der Waals surface area contributed by atoms with Crippen LogP contribution in [0.15, 0.2) is 6.33 Å². The Kier molecular flexibility index (Phi) is 5.88. The number of aromatic nitrogens is 2. The zero-order valence-electron chi connectivity index (χ0n) is 13.1. The van der Waals surface area contributed by atoms with Crippen LogP contribution in [0, 0.1) is 10.1 Å². The second kappa shape index (κ2) is 7.88. The van der Waals surface area contributed by atoms with Crippen molar-refractivity contribution in [1.29, 1.82) is 0 Å². The molecule has 0 radical (unpaired) electrons. The van der Waals surface area contributed by atoms with Gasteiger partial charge >= 0.3 is 5.69 Å². The number of hydrogen-bond acceptors (Lipinski definition) is 7. The normalized spacial score (nSPS) is 15.8. The third-order valence-electron chi connectivity index (χ3n) is 3.49. The van der Waals surface area contributed by atoms with Crippen LogP contribution in [0.2, 0.25) is 0 Å². The summed E-state index contributed by atoms with van der Waals surface area (Å²) in [5, 5.41) is 14.3. The highest BCUT2D eigenvalue weighted by Gasteiger charge is 2.25. The smallest absolute Gasteiger partial charge is 0.372 e. The number of anilines is 1. The first kappa shape index (κ1) is 16.4. The van der Waals surface area contributed by atoms with E-state index in [0.29, 0.717) is 6.54 Å². The van der Waals surface area contributed by atoms with Crippen LogP contribution < -0.4 is 10.1 Å². The van der Waals surface area contributed by atoms with Crippen LogP contribution in [0.5, 0.6) is 5.88 Å². The molecule has 1 aliphatic heterocycles. The van der Waals surface area contributed by atoms with Gasteiger partial charge in [0.05, 0.1) is 11.0 Å². The third-order valence-corrected chi connectivity index (χ3v) is 3.49. The third kappa shape index (κ3) is 4.52. The van der Waals surface area contributed by atoms with Crippen molar-refractivity contribution in [3.63, 3.8) is 0 Å². The maximum atomic E-state index is 11.3. The van der Waals surface area contributed by atoms with Crippen LogP contribution in [0.3, 0.4) is 0 Å². The Morgan fingerprint density at radius 1 is 1.36 bits per heavy atom. The molecule has 0 amide bonds.